The molecule has 1 saturated carbocycles. The topological polar surface area (TPSA) is 12.0 Å². The first kappa shape index (κ1) is 16.5. The molecule has 2 rings (SSSR count). The van der Waals surface area contributed by atoms with Crippen LogP contribution in [0.5, 0.6) is 0 Å². The maximum absolute atomic E-state index is 3.70. The van der Waals surface area contributed by atoms with E-state index in [0.717, 1.165) is 24.3 Å². The van der Waals surface area contributed by atoms with Crippen molar-refractivity contribution >= 4 is 0 Å². The van der Waals surface area contributed by atoms with Crippen LogP contribution in [0.25, 0.3) is 0 Å². The fraction of sp³-hybridized carbons (Fsp3) is 0.700. The monoisotopic (exact) mass is 287 g/mol. The largest absolute Gasteiger partial charge is 0.316 e. The van der Waals surface area contributed by atoms with Crippen molar-refractivity contribution in [3.8, 4) is 0 Å². The van der Waals surface area contributed by atoms with Crippen molar-refractivity contribution in [2.45, 2.75) is 59.8 Å². The number of hydrogen-bond donors (Lipinski definition) is 1. The zero-order chi connectivity index (χ0) is 15.5. The molecule has 0 bridgehead atoms. The predicted molar refractivity (Wildman–Crippen MR) is 92.7 cm³/mol. The lowest BCUT2D eigenvalue weighted by Crippen LogP contribution is -2.36. The summed E-state index contributed by atoms with van der Waals surface area (Å²) in [6.07, 6.45) is 4.05. The third-order valence-corrected chi connectivity index (χ3v) is 5.08. The molecule has 1 heteroatoms. The number of benzene rings is 1. The van der Waals surface area contributed by atoms with Gasteiger partial charge in [-0.05, 0) is 73.6 Å². The van der Waals surface area contributed by atoms with E-state index in [1.807, 2.05) is 0 Å². The van der Waals surface area contributed by atoms with E-state index in [-0.39, 0.29) is 0 Å². The summed E-state index contributed by atoms with van der Waals surface area (Å²) in [6.45, 7) is 14.0. The highest BCUT2D eigenvalue weighted by Crippen LogP contribution is 2.47. The molecule has 1 aliphatic rings. The van der Waals surface area contributed by atoms with Gasteiger partial charge in [-0.2, -0.15) is 0 Å². The highest BCUT2D eigenvalue weighted by Gasteiger charge is 2.35. The van der Waals surface area contributed by atoms with E-state index in [2.05, 4.69) is 64.2 Å². The van der Waals surface area contributed by atoms with Crippen molar-refractivity contribution in [2.24, 2.45) is 17.3 Å². The van der Waals surface area contributed by atoms with Gasteiger partial charge in [-0.3, -0.25) is 0 Å². The molecule has 0 aromatic heterocycles. The lowest BCUT2D eigenvalue weighted by atomic mass is 9.64. The molecule has 2 unspecified atom stereocenters. The molecule has 1 fully saturated rings. The van der Waals surface area contributed by atoms with Crippen LogP contribution in [0.1, 0.15) is 64.0 Å². The maximum atomic E-state index is 3.70. The highest BCUT2D eigenvalue weighted by molar-refractivity contribution is 5.30. The van der Waals surface area contributed by atoms with Gasteiger partial charge in [0.1, 0.15) is 0 Å². The zero-order valence-corrected chi connectivity index (χ0v) is 14.6. The average Bonchev–Trinajstić information content (AvgIpc) is 2.40. The van der Waals surface area contributed by atoms with Crippen LogP contribution in [0.2, 0.25) is 0 Å². The van der Waals surface area contributed by atoms with Crippen LogP contribution in [0.3, 0.4) is 0 Å². The van der Waals surface area contributed by atoms with E-state index in [0.29, 0.717) is 5.41 Å². The smallest absolute Gasteiger partial charge is 0.00145 e. The third-order valence-electron chi connectivity index (χ3n) is 5.08. The van der Waals surface area contributed by atoms with Crippen molar-refractivity contribution in [3.05, 3.63) is 35.4 Å². The van der Waals surface area contributed by atoms with Crippen molar-refractivity contribution in [1.82, 2.24) is 5.32 Å². The molecular weight excluding hydrogens is 254 g/mol. The standard InChI is InChI=1S/C20H33N/c1-15(2)13-21-14-17-10-11-20(4,5)12-19(17)18-9-7-6-8-16(18)3/h6-9,15,17,19,21H,10-14H2,1-5H3. The Morgan fingerprint density at radius 2 is 1.95 bits per heavy atom. The number of nitrogens with one attached hydrogen (secondary N) is 1. The van der Waals surface area contributed by atoms with Gasteiger partial charge in [0, 0.05) is 0 Å². The molecule has 0 aliphatic heterocycles. The minimum Gasteiger partial charge on any atom is -0.316 e. The summed E-state index contributed by atoms with van der Waals surface area (Å²) < 4.78 is 0. The second-order valence-corrected chi connectivity index (χ2v) is 8.18. The Labute approximate surface area is 131 Å². The Balaban J connectivity index is 2.12. The SMILES string of the molecule is Cc1ccccc1C1CC(C)(C)CCC1CNCC(C)C. The van der Waals surface area contributed by atoms with Crippen molar-refractivity contribution < 1.29 is 0 Å². The van der Waals surface area contributed by atoms with Gasteiger partial charge < -0.3 is 5.32 Å². The molecule has 1 nitrogen and oxygen atoms in total. The molecular formula is C20H33N. The van der Waals surface area contributed by atoms with Gasteiger partial charge in [0.05, 0.1) is 0 Å². The molecule has 0 spiro atoms. The van der Waals surface area contributed by atoms with Crippen LogP contribution in [-0.4, -0.2) is 13.1 Å². The fourth-order valence-electron chi connectivity index (χ4n) is 3.81. The summed E-state index contributed by atoms with van der Waals surface area (Å²) in [5, 5.41) is 3.70. The zero-order valence-electron chi connectivity index (χ0n) is 14.6. The Morgan fingerprint density at radius 1 is 1.24 bits per heavy atom. The molecule has 0 amide bonds. The van der Waals surface area contributed by atoms with Crippen molar-refractivity contribution in [1.29, 1.82) is 0 Å². The van der Waals surface area contributed by atoms with Crippen LogP contribution in [-0.2, 0) is 0 Å². The lowest BCUT2D eigenvalue weighted by molar-refractivity contribution is 0.158. The summed E-state index contributed by atoms with van der Waals surface area (Å²) in [7, 11) is 0. The molecule has 1 aromatic rings. The summed E-state index contributed by atoms with van der Waals surface area (Å²) in [6, 6.07) is 9.01. The molecule has 0 saturated heterocycles. The van der Waals surface area contributed by atoms with Crippen molar-refractivity contribution in [3.63, 3.8) is 0 Å². The average molecular weight is 287 g/mol. The van der Waals surface area contributed by atoms with E-state index in [1.54, 1.807) is 5.56 Å². The molecule has 0 radical (unpaired) electrons. The van der Waals surface area contributed by atoms with E-state index < -0.39 is 0 Å². The molecule has 1 N–H and O–H groups in total. The quantitative estimate of drug-likeness (QED) is 0.789. The molecule has 1 aliphatic carbocycles. The lowest BCUT2D eigenvalue weighted by Gasteiger charge is -2.42. The Bertz CT molecular complexity index is 447. The number of aryl methyl sites for hydroxylation is 1. The van der Waals surface area contributed by atoms with Gasteiger partial charge in [-0.1, -0.05) is 52.0 Å². The van der Waals surface area contributed by atoms with Gasteiger partial charge in [0.2, 0.25) is 0 Å². The minimum absolute atomic E-state index is 0.488. The van der Waals surface area contributed by atoms with Gasteiger partial charge in [-0.25, -0.2) is 0 Å². The molecule has 118 valence electrons. The first-order valence-corrected chi connectivity index (χ1v) is 8.65. The van der Waals surface area contributed by atoms with Crippen LogP contribution in [0.4, 0.5) is 0 Å². The van der Waals surface area contributed by atoms with Crippen LogP contribution < -0.4 is 5.32 Å². The first-order valence-electron chi connectivity index (χ1n) is 8.65. The van der Waals surface area contributed by atoms with E-state index in [1.165, 1.54) is 31.4 Å². The summed E-state index contributed by atoms with van der Waals surface area (Å²) in [5.74, 6) is 2.24. The van der Waals surface area contributed by atoms with Crippen molar-refractivity contribution in [2.75, 3.05) is 13.1 Å². The maximum Gasteiger partial charge on any atom is -0.00145 e. The minimum atomic E-state index is 0.488. The fourth-order valence-corrected chi connectivity index (χ4v) is 3.81. The van der Waals surface area contributed by atoms with E-state index in [4.69, 9.17) is 0 Å². The van der Waals surface area contributed by atoms with Crippen LogP contribution in [0.15, 0.2) is 24.3 Å². The molecule has 21 heavy (non-hydrogen) atoms. The summed E-state index contributed by atoms with van der Waals surface area (Å²) in [5.41, 5.74) is 3.54. The molecule has 2 atom stereocenters. The van der Waals surface area contributed by atoms with Crippen LogP contribution in [0, 0.1) is 24.2 Å². The highest BCUT2D eigenvalue weighted by atomic mass is 14.9. The Kier molecular flexibility index (Phi) is 5.48. The van der Waals surface area contributed by atoms with Gasteiger partial charge in [0.25, 0.3) is 0 Å². The second kappa shape index (κ2) is 6.96. The Hall–Kier alpha value is -0.820. The number of hydrogen-bond acceptors (Lipinski definition) is 1. The summed E-state index contributed by atoms with van der Waals surface area (Å²) in [4.78, 5) is 0. The van der Waals surface area contributed by atoms with E-state index in [9.17, 15) is 0 Å². The third kappa shape index (κ3) is 4.57. The van der Waals surface area contributed by atoms with Gasteiger partial charge in [-0.15, -0.1) is 0 Å². The van der Waals surface area contributed by atoms with E-state index >= 15 is 0 Å². The summed E-state index contributed by atoms with van der Waals surface area (Å²) >= 11 is 0. The second-order valence-electron chi connectivity index (χ2n) is 8.18. The predicted octanol–water partition coefficient (Wildman–Crippen LogP) is 5.15. The first-order chi connectivity index (χ1) is 9.89. The Morgan fingerprint density at radius 3 is 2.62 bits per heavy atom. The number of rotatable bonds is 5. The molecule has 0 heterocycles. The van der Waals surface area contributed by atoms with Gasteiger partial charge in [0.15, 0.2) is 0 Å². The van der Waals surface area contributed by atoms with Crippen LogP contribution >= 0.6 is 0 Å². The normalized spacial score (nSPS) is 25.2. The molecule has 1 aromatic carbocycles. The van der Waals surface area contributed by atoms with Gasteiger partial charge >= 0.3 is 0 Å².